The first kappa shape index (κ1) is 11.7. The molecule has 0 unspecified atom stereocenters. The number of hydrogen-bond donors (Lipinski definition) is 2. The predicted molar refractivity (Wildman–Crippen MR) is 64.6 cm³/mol. The van der Waals surface area contributed by atoms with E-state index < -0.39 is 23.9 Å². The highest BCUT2D eigenvalue weighted by Crippen LogP contribution is 2.35. The molecule has 0 aromatic rings. The normalized spacial score (nSPS) is 42.6. The maximum Gasteiger partial charge on any atom is 0.176 e. The van der Waals surface area contributed by atoms with Crippen LogP contribution in [0.5, 0.6) is 0 Å². The molecule has 0 aliphatic carbocycles. The lowest BCUT2D eigenvalue weighted by atomic mass is 9.94. The van der Waals surface area contributed by atoms with Crippen molar-refractivity contribution in [3.05, 3.63) is 24.4 Å². The summed E-state index contributed by atoms with van der Waals surface area (Å²) in [5.41, 5.74) is -1.41. The smallest absolute Gasteiger partial charge is 0.176 e. The van der Waals surface area contributed by atoms with Gasteiger partial charge in [-0.05, 0) is 12.2 Å². The van der Waals surface area contributed by atoms with Crippen LogP contribution in [0.4, 0.5) is 0 Å². The van der Waals surface area contributed by atoms with E-state index in [-0.39, 0.29) is 19.0 Å². The summed E-state index contributed by atoms with van der Waals surface area (Å²) in [4.78, 5) is 8.24. The number of rotatable bonds is 1. The first-order valence-corrected chi connectivity index (χ1v) is 5.79. The van der Waals surface area contributed by atoms with Gasteiger partial charge in [0.15, 0.2) is 11.4 Å². The van der Waals surface area contributed by atoms with Crippen LogP contribution in [0.1, 0.15) is 0 Å². The Morgan fingerprint density at radius 1 is 1.28 bits per heavy atom. The molecule has 0 aromatic carbocycles. The Kier molecular flexibility index (Phi) is 2.87. The quantitative estimate of drug-likeness (QED) is 0.652. The number of ether oxygens (including phenoxy) is 2. The van der Waals surface area contributed by atoms with E-state index in [2.05, 4.69) is 9.98 Å². The van der Waals surface area contributed by atoms with Gasteiger partial charge < -0.3 is 19.7 Å². The molecule has 0 amide bonds. The van der Waals surface area contributed by atoms with Gasteiger partial charge in [-0.15, -0.1) is 0 Å². The molecule has 4 atom stereocenters. The van der Waals surface area contributed by atoms with Gasteiger partial charge in [0.05, 0.1) is 13.2 Å². The third kappa shape index (κ3) is 1.74. The van der Waals surface area contributed by atoms with Gasteiger partial charge >= 0.3 is 0 Å². The fourth-order valence-electron chi connectivity index (χ4n) is 2.35. The van der Waals surface area contributed by atoms with Gasteiger partial charge in [0, 0.05) is 12.4 Å². The Hall–Kier alpha value is -1.34. The third-order valence-corrected chi connectivity index (χ3v) is 3.27. The molecular formula is C12H14N2O4. The van der Waals surface area contributed by atoms with Gasteiger partial charge in [-0.2, -0.15) is 0 Å². The van der Waals surface area contributed by atoms with Crippen molar-refractivity contribution in [3.8, 4) is 0 Å². The van der Waals surface area contributed by atoms with E-state index >= 15 is 0 Å². The molecule has 3 rings (SSSR count). The SMILES string of the molecule is O[C@@H]1CO[C@H]2[C@@H]1OC[C@]2(O)C1=NC=CC=CC=N1. The number of aliphatic hydroxyl groups is 2. The summed E-state index contributed by atoms with van der Waals surface area (Å²) in [5, 5.41) is 20.3. The van der Waals surface area contributed by atoms with Crippen molar-refractivity contribution in [2.75, 3.05) is 13.2 Å². The molecule has 2 fully saturated rings. The van der Waals surface area contributed by atoms with Gasteiger partial charge in [-0.1, -0.05) is 6.08 Å². The van der Waals surface area contributed by atoms with Crippen molar-refractivity contribution in [3.63, 3.8) is 0 Å². The van der Waals surface area contributed by atoms with Gasteiger partial charge in [0.25, 0.3) is 0 Å². The second-order valence-electron chi connectivity index (χ2n) is 4.48. The summed E-state index contributed by atoms with van der Waals surface area (Å²) in [7, 11) is 0. The summed E-state index contributed by atoms with van der Waals surface area (Å²) in [6.07, 6.45) is 6.53. The fraction of sp³-hybridized carbons (Fsp3) is 0.500. The second kappa shape index (κ2) is 4.40. The summed E-state index contributed by atoms with van der Waals surface area (Å²) < 4.78 is 10.8. The lowest BCUT2D eigenvalue weighted by molar-refractivity contribution is -0.0273. The van der Waals surface area contributed by atoms with Crippen LogP contribution < -0.4 is 0 Å². The van der Waals surface area contributed by atoms with Crippen LogP contribution in [0.3, 0.4) is 0 Å². The first-order chi connectivity index (χ1) is 8.72. The number of nitrogens with zero attached hydrogens (tertiary/aromatic N) is 2. The number of allylic oxidation sites excluding steroid dienone is 3. The minimum atomic E-state index is -1.41. The zero-order chi connectivity index (χ0) is 12.6. The largest absolute Gasteiger partial charge is 0.388 e. The van der Waals surface area contributed by atoms with E-state index in [9.17, 15) is 10.2 Å². The monoisotopic (exact) mass is 250 g/mol. The van der Waals surface area contributed by atoms with Crippen LogP contribution in [0, 0.1) is 0 Å². The molecule has 0 spiro atoms. The summed E-state index contributed by atoms with van der Waals surface area (Å²) in [5.74, 6) is 0.240. The minimum Gasteiger partial charge on any atom is -0.388 e. The van der Waals surface area contributed by atoms with Crippen molar-refractivity contribution in [1.29, 1.82) is 0 Å². The van der Waals surface area contributed by atoms with Crippen LogP contribution in [-0.4, -0.2) is 59.4 Å². The zero-order valence-corrected chi connectivity index (χ0v) is 9.64. The zero-order valence-electron chi connectivity index (χ0n) is 9.64. The minimum absolute atomic E-state index is 0.0210. The van der Waals surface area contributed by atoms with Crippen LogP contribution in [0.15, 0.2) is 34.4 Å². The molecule has 0 bridgehead atoms. The van der Waals surface area contributed by atoms with Crippen molar-refractivity contribution < 1.29 is 19.7 Å². The van der Waals surface area contributed by atoms with Crippen molar-refractivity contribution in [2.45, 2.75) is 23.9 Å². The van der Waals surface area contributed by atoms with E-state index in [0.29, 0.717) is 0 Å². The predicted octanol–water partition coefficient (Wildman–Crippen LogP) is -0.571. The molecule has 2 saturated heterocycles. The summed E-state index contributed by atoms with van der Waals surface area (Å²) in [6.45, 7) is 0.178. The van der Waals surface area contributed by atoms with Crippen molar-refractivity contribution in [1.82, 2.24) is 0 Å². The van der Waals surface area contributed by atoms with Crippen LogP contribution in [-0.2, 0) is 9.47 Å². The lowest BCUT2D eigenvalue weighted by Crippen LogP contribution is -2.50. The number of aliphatic imine (C=N–C) groups is 2. The average molecular weight is 250 g/mol. The van der Waals surface area contributed by atoms with E-state index in [0.717, 1.165) is 0 Å². The highest BCUT2D eigenvalue weighted by molar-refractivity contribution is 5.99. The van der Waals surface area contributed by atoms with E-state index in [1.165, 1.54) is 0 Å². The standard InChI is InChI=1S/C12H14N2O4/c15-8-6-17-10-9(8)18-7-12(10,16)11-13-4-2-1-3-5-14-11/h1-5,8-10,15-16H,6-7H2/t8-,9-,10+,12-/m1/s1. The van der Waals surface area contributed by atoms with E-state index in [1.807, 2.05) is 0 Å². The Labute approximate surface area is 104 Å². The average Bonchev–Trinajstić information content (AvgIpc) is 2.82. The molecule has 6 nitrogen and oxygen atoms in total. The first-order valence-electron chi connectivity index (χ1n) is 5.79. The maximum absolute atomic E-state index is 10.7. The Balaban J connectivity index is 1.91. The number of hydrogen-bond acceptors (Lipinski definition) is 6. The van der Waals surface area contributed by atoms with Crippen molar-refractivity contribution in [2.24, 2.45) is 9.98 Å². The van der Waals surface area contributed by atoms with Gasteiger partial charge in [0.2, 0.25) is 0 Å². The fourth-order valence-corrected chi connectivity index (χ4v) is 2.35. The number of fused-ring (bicyclic) bond motifs is 1. The molecule has 96 valence electrons. The molecule has 0 radical (unpaired) electrons. The highest BCUT2D eigenvalue weighted by atomic mass is 16.6. The molecule has 2 N–H and O–H groups in total. The molecule has 18 heavy (non-hydrogen) atoms. The Morgan fingerprint density at radius 2 is 2.17 bits per heavy atom. The van der Waals surface area contributed by atoms with Crippen molar-refractivity contribution >= 4 is 12.1 Å². The van der Waals surface area contributed by atoms with Gasteiger partial charge in [-0.25, -0.2) is 9.98 Å². The topological polar surface area (TPSA) is 83.6 Å². The van der Waals surface area contributed by atoms with Crippen LogP contribution >= 0.6 is 0 Å². The lowest BCUT2D eigenvalue weighted by Gasteiger charge is -2.25. The molecule has 0 saturated carbocycles. The van der Waals surface area contributed by atoms with Gasteiger partial charge in [-0.3, -0.25) is 0 Å². The molecule has 3 aliphatic heterocycles. The van der Waals surface area contributed by atoms with E-state index in [4.69, 9.17) is 9.47 Å². The molecular weight excluding hydrogens is 236 g/mol. The molecule has 3 heterocycles. The summed E-state index contributed by atoms with van der Waals surface area (Å²) >= 11 is 0. The molecule has 0 aromatic heterocycles. The van der Waals surface area contributed by atoms with Crippen LogP contribution in [0.25, 0.3) is 0 Å². The molecule has 3 aliphatic rings. The molecule has 6 heteroatoms. The second-order valence-corrected chi connectivity index (χ2v) is 4.48. The highest BCUT2D eigenvalue weighted by Gasteiger charge is 2.58. The third-order valence-electron chi connectivity index (χ3n) is 3.27. The maximum atomic E-state index is 10.7. The Bertz CT molecular complexity index is 457. The van der Waals surface area contributed by atoms with Crippen LogP contribution in [0.2, 0.25) is 0 Å². The number of amidine groups is 1. The summed E-state index contributed by atoms with van der Waals surface area (Å²) in [6, 6.07) is 0. The van der Waals surface area contributed by atoms with Gasteiger partial charge in [0.1, 0.15) is 18.3 Å². The number of aliphatic hydroxyl groups excluding tert-OH is 1. The van der Waals surface area contributed by atoms with E-state index in [1.54, 1.807) is 30.6 Å². The Morgan fingerprint density at radius 3 is 3.06 bits per heavy atom.